The summed E-state index contributed by atoms with van der Waals surface area (Å²) in [5.41, 5.74) is 0.413. The van der Waals surface area contributed by atoms with E-state index in [2.05, 4.69) is 10.4 Å². The highest BCUT2D eigenvalue weighted by atomic mass is 16.5. The fourth-order valence-electron chi connectivity index (χ4n) is 2.86. The van der Waals surface area contributed by atoms with Crippen molar-refractivity contribution < 1.29 is 9.53 Å². The second-order valence-corrected chi connectivity index (χ2v) is 5.54. The van der Waals surface area contributed by atoms with E-state index in [4.69, 9.17) is 10.00 Å². The standard InChI is InChI=1S/C17H18N4O2/c18-11-13-5-1-4-8-15(13)23-12-17(22)20-16-9-10-19-21(16)14-6-2-3-7-14/h1,4-5,8-10,14H,2-3,6-7,12H2,(H,20,22). The number of carbonyl (C=O) groups is 1. The van der Waals surface area contributed by atoms with Crippen molar-refractivity contribution in [3.63, 3.8) is 0 Å². The zero-order valence-electron chi connectivity index (χ0n) is 12.7. The first-order valence-electron chi connectivity index (χ1n) is 7.73. The van der Waals surface area contributed by atoms with Gasteiger partial charge in [-0.15, -0.1) is 0 Å². The summed E-state index contributed by atoms with van der Waals surface area (Å²) in [6, 6.07) is 11.0. The summed E-state index contributed by atoms with van der Waals surface area (Å²) in [7, 11) is 0. The van der Waals surface area contributed by atoms with Crippen LogP contribution in [0.1, 0.15) is 37.3 Å². The average Bonchev–Trinajstić information content (AvgIpc) is 3.24. The number of rotatable bonds is 5. The molecule has 1 aromatic heterocycles. The van der Waals surface area contributed by atoms with Gasteiger partial charge in [0.05, 0.1) is 17.8 Å². The van der Waals surface area contributed by atoms with Crippen LogP contribution in [0.25, 0.3) is 0 Å². The molecular formula is C17H18N4O2. The van der Waals surface area contributed by atoms with Gasteiger partial charge in [-0.1, -0.05) is 25.0 Å². The van der Waals surface area contributed by atoms with Crippen molar-refractivity contribution >= 4 is 11.7 Å². The van der Waals surface area contributed by atoms with Gasteiger partial charge >= 0.3 is 0 Å². The lowest BCUT2D eigenvalue weighted by Crippen LogP contribution is -2.23. The van der Waals surface area contributed by atoms with Gasteiger partial charge in [-0.05, 0) is 25.0 Å². The highest BCUT2D eigenvalue weighted by Crippen LogP contribution is 2.31. The molecule has 1 aliphatic carbocycles. The van der Waals surface area contributed by atoms with Crippen molar-refractivity contribution in [2.75, 3.05) is 11.9 Å². The fraction of sp³-hybridized carbons (Fsp3) is 0.353. The maximum absolute atomic E-state index is 12.1. The molecule has 6 heteroatoms. The summed E-state index contributed by atoms with van der Waals surface area (Å²) in [4.78, 5) is 12.1. The van der Waals surface area contributed by atoms with Gasteiger partial charge in [-0.25, -0.2) is 4.68 Å². The van der Waals surface area contributed by atoms with Gasteiger partial charge in [0.15, 0.2) is 6.61 Å². The maximum atomic E-state index is 12.1. The van der Waals surface area contributed by atoms with E-state index in [-0.39, 0.29) is 12.5 Å². The Morgan fingerprint density at radius 2 is 2.13 bits per heavy atom. The van der Waals surface area contributed by atoms with Crippen LogP contribution in [0.15, 0.2) is 36.5 Å². The summed E-state index contributed by atoms with van der Waals surface area (Å²) in [6.07, 6.45) is 6.28. The van der Waals surface area contributed by atoms with Gasteiger partial charge in [0.2, 0.25) is 0 Å². The Morgan fingerprint density at radius 1 is 1.35 bits per heavy atom. The Balaban J connectivity index is 1.60. The SMILES string of the molecule is N#Cc1ccccc1OCC(=O)Nc1ccnn1C1CCCC1. The fourth-order valence-corrected chi connectivity index (χ4v) is 2.86. The first kappa shape index (κ1) is 15.1. The smallest absolute Gasteiger partial charge is 0.263 e. The Morgan fingerprint density at radius 3 is 2.91 bits per heavy atom. The van der Waals surface area contributed by atoms with Crippen LogP contribution in [0.3, 0.4) is 0 Å². The van der Waals surface area contributed by atoms with Crippen LogP contribution < -0.4 is 10.1 Å². The zero-order chi connectivity index (χ0) is 16.1. The van der Waals surface area contributed by atoms with Gasteiger partial charge in [0, 0.05) is 6.07 Å². The molecule has 1 heterocycles. The summed E-state index contributed by atoms with van der Waals surface area (Å²) < 4.78 is 7.32. The molecule has 0 radical (unpaired) electrons. The first-order valence-corrected chi connectivity index (χ1v) is 7.73. The second kappa shape index (κ2) is 6.97. The monoisotopic (exact) mass is 310 g/mol. The Bertz CT molecular complexity index is 726. The number of aromatic nitrogens is 2. The van der Waals surface area contributed by atoms with E-state index < -0.39 is 0 Å². The van der Waals surface area contributed by atoms with Crippen LogP contribution in [-0.2, 0) is 4.79 Å². The predicted octanol–water partition coefficient (Wildman–Crippen LogP) is 2.89. The molecule has 118 valence electrons. The van der Waals surface area contributed by atoms with Crippen molar-refractivity contribution in [3.8, 4) is 11.8 Å². The zero-order valence-corrected chi connectivity index (χ0v) is 12.7. The van der Waals surface area contributed by atoms with Crippen molar-refractivity contribution in [3.05, 3.63) is 42.1 Å². The lowest BCUT2D eigenvalue weighted by Gasteiger charge is -2.15. The number of para-hydroxylation sites is 1. The summed E-state index contributed by atoms with van der Waals surface area (Å²) in [6.45, 7) is -0.144. The minimum Gasteiger partial charge on any atom is -0.482 e. The van der Waals surface area contributed by atoms with E-state index in [1.165, 1.54) is 12.8 Å². The third-order valence-electron chi connectivity index (χ3n) is 3.97. The van der Waals surface area contributed by atoms with Gasteiger partial charge in [-0.3, -0.25) is 4.79 Å². The molecule has 1 aliphatic rings. The Kier molecular flexibility index (Phi) is 4.57. The van der Waals surface area contributed by atoms with E-state index in [0.29, 0.717) is 23.2 Å². The molecule has 23 heavy (non-hydrogen) atoms. The molecule has 0 spiro atoms. The number of anilines is 1. The molecule has 1 N–H and O–H groups in total. The first-order chi connectivity index (χ1) is 11.3. The van der Waals surface area contributed by atoms with Gasteiger partial charge < -0.3 is 10.1 Å². The number of nitriles is 1. The maximum Gasteiger partial charge on any atom is 0.263 e. The quantitative estimate of drug-likeness (QED) is 0.921. The van der Waals surface area contributed by atoms with Crippen LogP contribution in [0.4, 0.5) is 5.82 Å². The van der Waals surface area contributed by atoms with E-state index in [9.17, 15) is 4.79 Å². The Hall–Kier alpha value is -2.81. The third kappa shape index (κ3) is 3.51. The topological polar surface area (TPSA) is 79.9 Å². The summed E-state index contributed by atoms with van der Waals surface area (Å²) >= 11 is 0. The van der Waals surface area contributed by atoms with Crippen LogP contribution in [0.5, 0.6) is 5.75 Å². The normalized spacial score (nSPS) is 14.4. The highest BCUT2D eigenvalue weighted by molar-refractivity contribution is 5.91. The molecular weight excluding hydrogens is 292 g/mol. The minimum absolute atomic E-state index is 0.144. The molecule has 0 saturated heterocycles. The number of carbonyl (C=O) groups excluding carboxylic acids is 1. The number of ether oxygens (including phenoxy) is 1. The molecule has 0 atom stereocenters. The molecule has 0 bridgehead atoms. The largest absolute Gasteiger partial charge is 0.482 e. The third-order valence-corrected chi connectivity index (χ3v) is 3.97. The van der Waals surface area contributed by atoms with Crippen LogP contribution in [-0.4, -0.2) is 22.3 Å². The van der Waals surface area contributed by atoms with E-state index in [1.54, 1.807) is 36.5 Å². The van der Waals surface area contributed by atoms with Crippen molar-refractivity contribution in [1.29, 1.82) is 5.26 Å². The van der Waals surface area contributed by atoms with Crippen LogP contribution >= 0.6 is 0 Å². The molecule has 1 saturated carbocycles. The van der Waals surface area contributed by atoms with Crippen molar-refractivity contribution in [1.82, 2.24) is 9.78 Å². The van der Waals surface area contributed by atoms with Gasteiger partial charge in [0.1, 0.15) is 17.6 Å². The second-order valence-electron chi connectivity index (χ2n) is 5.54. The molecule has 1 fully saturated rings. The molecule has 0 aliphatic heterocycles. The number of hydrogen-bond acceptors (Lipinski definition) is 4. The number of nitrogens with zero attached hydrogens (tertiary/aromatic N) is 3. The molecule has 6 nitrogen and oxygen atoms in total. The van der Waals surface area contributed by atoms with E-state index in [1.807, 2.05) is 10.8 Å². The van der Waals surface area contributed by atoms with Crippen molar-refractivity contribution in [2.24, 2.45) is 0 Å². The predicted molar refractivity (Wildman–Crippen MR) is 85.0 cm³/mol. The van der Waals surface area contributed by atoms with Crippen LogP contribution in [0.2, 0.25) is 0 Å². The molecule has 3 rings (SSSR count). The molecule has 1 aromatic carbocycles. The van der Waals surface area contributed by atoms with E-state index in [0.717, 1.165) is 12.8 Å². The summed E-state index contributed by atoms with van der Waals surface area (Å²) in [5, 5.41) is 16.2. The van der Waals surface area contributed by atoms with Crippen molar-refractivity contribution in [2.45, 2.75) is 31.7 Å². The van der Waals surface area contributed by atoms with Crippen LogP contribution in [0, 0.1) is 11.3 Å². The Labute approximate surface area is 134 Å². The molecule has 2 aromatic rings. The number of amides is 1. The van der Waals surface area contributed by atoms with Gasteiger partial charge in [-0.2, -0.15) is 10.4 Å². The lowest BCUT2D eigenvalue weighted by atomic mass is 10.2. The number of nitrogens with one attached hydrogen (secondary N) is 1. The summed E-state index contributed by atoms with van der Waals surface area (Å²) in [5.74, 6) is 0.839. The molecule has 0 unspecified atom stereocenters. The number of hydrogen-bond donors (Lipinski definition) is 1. The van der Waals surface area contributed by atoms with E-state index >= 15 is 0 Å². The number of benzene rings is 1. The minimum atomic E-state index is -0.266. The lowest BCUT2D eigenvalue weighted by molar-refractivity contribution is -0.118. The molecule has 1 amide bonds. The average molecular weight is 310 g/mol. The van der Waals surface area contributed by atoms with Gasteiger partial charge in [0.25, 0.3) is 5.91 Å². The highest BCUT2D eigenvalue weighted by Gasteiger charge is 2.20.